The van der Waals surface area contributed by atoms with Crippen LogP contribution >= 0.6 is 50.7 Å². The zero-order valence-corrected chi connectivity index (χ0v) is 12.8. The molecule has 0 aromatic heterocycles. The molecule has 0 fully saturated rings. The molecule has 0 atom stereocenters. The van der Waals surface area contributed by atoms with E-state index in [-0.39, 0.29) is 5.82 Å². The maximum atomic E-state index is 13.4. The third kappa shape index (κ3) is 2.67. The Morgan fingerprint density at radius 1 is 1.00 bits per heavy atom. The molecule has 94 valence electrons. The monoisotopic (exact) mass is 366 g/mol. The standard InChI is InChI=1S/C13H7BrCl3F/c14-6-8-5-7(1-4-11(8)18)9-2-3-10(15)13(17)12(9)16/h1-5H,6H2. The van der Waals surface area contributed by atoms with Gasteiger partial charge in [0.25, 0.3) is 0 Å². The highest BCUT2D eigenvalue weighted by atomic mass is 79.9. The van der Waals surface area contributed by atoms with Gasteiger partial charge >= 0.3 is 0 Å². The lowest BCUT2D eigenvalue weighted by Gasteiger charge is -2.09. The topological polar surface area (TPSA) is 0 Å². The normalized spacial score (nSPS) is 10.7. The first-order valence-corrected chi connectivity index (χ1v) is 7.28. The summed E-state index contributed by atoms with van der Waals surface area (Å²) < 4.78 is 13.4. The largest absolute Gasteiger partial charge is 0.207 e. The average Bonchev–Trinajstić information content (AvgIpc) is 2.37. The Bertz CT molecular complexity index is 599. The lowest BCUT2D eigenvalue weighted by Crippen LogP contribution is -1.88. The van der Waals surface area contributed by atoms with E-state index < -0.39 is 0 Å². The summed E-state index contributed by atoms with van der Waals surface area (Å²) in [6.45, 7) is 0. The molecule has 0 aliphatic rings. The van der Waals surface area contributed by atoms with Crippen LogP contribution in [0.1, 0.15) is 5.56 Å². The van der Waals surface area contributed by atoms with E-state index in [2.05, 4.69) is 15.9 Å². The van der Waals surface area contributed by atoms with Gasteiger partial charge in [-0.2, -0.15) is 0 Å². The molecule has 0 saturated heterocycles. The molecule has 0 N–H and O–H groups in total. The van der Waals surface area contributed by atoms with Crippen molar-refractivity contribution < 1.29 is 4.39 Å². The Hall–Kier alpha value is -0.280. The average molecular weight is 368 g/mol. The number of hydrogen-bond donors (Lipinski definition) is 0. The Balaban J connectivity index is 2.59. The molecule has 2 aromatic carbocycles. The van der Waals surface area contributed by atoms with Gasteiger partial charge in [0, 0.05) is 10.9 Å². The van der Waals surface area contributed by atoms with Crippen LogP contribution in [0.3, 0.4) is 0 Å². The van der Waals surface area contributed by atoms with E-state index in [0.717, 1.165) is 11.1 Å². The Morgan fingerprint density at radius 3 is 2.39 bits per heavy atom. The van der Waals surface area contributed by atoms with Gasteiger partial charge in [-0.05, 0) is 29.3 Å². The molecular weight excluding hydrogens is 361 g/mol. The predicted octanol–water partition coefficient (Wildman–Crippen LogP) is 6.35. The van der Waals surface area contributed by atoms with Gasteiger partial charge in [-0.1, -0.05) is 62.9 Å². The van der Waals surface area contributed by atoms with Crippen LogP contribution in [0.2, 0.25) is 15.1 Å². The van der Waals surface area contributed by atoms with E-state index >= 15 is 0 Å². The van der Waals surface area contributed by atoms with Crippen LogP contribution in [-0.4, -0.2) is 0 Å². The van der Waals surface area contributed by atoms with E-state index in [0.29, 0.717) is 26.0 Å². The van der Waals surface area contributed by atoms with E-state index in [1.54, 1.807) is 24.3 Å². The molecular formula is C13H7BrCl3F. The van der Waals surface area contributed by atoms with Crippen molar-refractivity contribution >= 4 is 50.7 Å². The summed E-state index contributed by atoms with van der Waals surface area (Å²) in [7, 11) is 0. The molecule has 0 unspecified atom stereocenters. The fourth-order valence-electron chi connectivity index (χ4n) is 1.59. The van der Waals surface area contributed by atoms with Crippen molar-refractivity contribution in [3.05, 3.63) is 56.8 Å². The van der Waals surface area contributed by atoms with Crippen LogP contribution in [0.5, 0.6) is 0 Å². The first-order valence-electron chi connectivity index (χ1n) is 5.03. The van der Waals surface area contributed by atoms with Gasteiger partial charge in [0.15, 0.2) is 0 Å². The van der Waals surface area contributed by atoms with E-state index in [1.807, 2.05) is 0 Å². The predicted molar refractivity (Wildman–Crippen MR) is 79.5 cm³/mol. The third-order valence-corrected chi connectivity index (χ3v) is 4.43. The molecule has 0 saturated carbocycles. The molecule has 18 heavy (non-hydrogen) atoms. The smallest absolute Gasteiger partial charge is 0.127 e. The van der Waals surface area contributed by atoms with Crippen molar-refractivity contribution in [1.29, 1.82) is 0 Å². The fraction of sp³-hybridized carbons (Fsp3) is 0.0769. The highest BCUT2D eigenvalue weighted by molar-refractivity contribution is 9.08. The summed E-state index contributed by atoms with van der Waals surface area (Å²) in [5.74, 6) is -0.258. The number of halogens is 5. The minimum absolute atomic E-state index is 0.258. The summed E-state index contributed by atoms with van der Waals surface area (Å²) in [5, 5.41) is 1.51. The molecule has 0 nitrogen and oxygen atoms in total. The third-order valence-electron chi connectivity index (χ3n) is 2.54. The Morgan fingerprint density at radius 2 is 1.72 bits per heavy atom. The summed E-state index contributed by atoms with van der Waals surface area (Å²) in [6, 6.07) is 8.23. The highest BCUT2D eigenvalue weighted by Gasteiger charge is 2.12. The van der Waals surface area contributed by atoms with E-state index in [9.17, 15) is 4.39 Å². The molecule has 5 heteroatoms. The number of alkyl halides is 1. The van der Waals surface area contributed by atoms with Crippen molar-refractivity contribution in [3.8, 4) is 11.1 Å². The van der Waals surface area contributed by atoms with Gasteiger partial charge in [-0.15, -0.1) is 0 Å². The minimum atomic E-state index is -0.258. The minimum Gasteiger partial charge on any atom is -0.207 e. The molecule has 0 spiro atoms. The second kappa shape index (κ2) is 5.79. The molecule has 2 aromatic rings. The molecule has 0 amide bonds. The van der Waals surface area contributed by atoms with Crippen molar-refractivity contribution in [2.75, 3.05) is 0 Å². The van der Waals surface area contributed by atoms with Gasteiger partial charge in [-0.3, -0.25) is 0 Å². The zero-order valence-electron chi connectivity index (χ0n) is 8.98. The van der Waals surface area contributed by atoms with Crippen LogP contribution in [0.25, 0.3) is 11.1 Å². The molecule has 0 aliphatic carbocycles. The molecule has 2 rings (SSSR count). The Labute approximate surface area is 128 Å². The quantitative estimate of drug-likeness (QED) is 0.428. The van der Waals surface area contributed by atoms with Crippen LogP contribution in [0.4, 0.5) is 4.39 Å². The fourth-order valence-corrected chi connectivity index (χ4v) is 2.67. The van der Waals surface area contributed by atoms with Crippen molar-refractivity contribution in [2.24, 2.45) is 0 Å². The lowest BCUT2D eigenvalue weighted by molar-refractivity contribution is 0.618. The van der Waals surface area contributed by atoms with Crippen LogP contribution < -0.4 is 0 Å². The zero-order chi connectivity index (χ0) is 13.3. The van der Waals surface area contributed by atoms with Crippen LogP contribution in [0, 0.1) is 5.82 Å². The van der Waals surface area contributed by atoms with Crippen molar-refractivity contribution in [2.45, 2.75) is 5.33 Å². The van der Waals surface area contributed by atoms with Gasteiger partial charge in [0.1, 0.15) is 5.82 Å². The summed E-state index contributed by atoms with van der Waals surface area (Å²) in [5.41, 5.74) is 2.09. The highest BCUT2D eigenvalue weighted by Crippen LogP contribution is 2.38. The molecule has 0 bridgehead atoms. The van der Waals surface area contributed by atoms with Gasteiger partial charge < -0.3 is 0 Å². The second-order valence-corrected chi connectivity index (χ2v) is 5.39. The van der Waals surface area contributed by atoms with E-state index in [4.69, 9.17) is 34.8 Å². The maximum absolute atomic E-state index is 13.4. The first kappa shape index (κ1) is 14.1. The number of hydrogen-bond acceptors (Lipinski definition) is 0. The van der Waals surface area contributed by atoms with Crippen molar-refractivity contribution in [1.82, 2.24) is 0 Å². The van der Waals surface area contributed by atoms with Crippen molar-refractivity contribution in [3.63, 3.8) is 0 Å². The van der Waals surface area contributed by atoms with Crippen LogP contribution in [-0.2, 0) is 5.33 Å². The van der Waals surface area contributed by atoms with Gasteiger partial charge in [-0.25, -0.2) is 4.39 Å². The number of benzene rings is 2. The van der Waals surface area contributed by atoms with Crippen LogP contribution in [0.15, 0.2) is 30.3 Å². The van der Waals surface area contributed by atoms with Gasteiger partial charge in [0.2, 0.25) is 0 Å². The molecule has 0 radical (unpaired) electrons. The van der Waals surface area contributed by atoms with Gasteiger partial charge in [0.05, 0.1) is 15.1 Å². The molecule has 0 aliphatic heterocycles. The summed E-state index contributed by atoms with van der Waals surface area (Å²) >= 11 is 21.2. The lowest BCUT2D eigenvalue weighted by atomic mass is 10.0. The summed E-state index contributed by atoms with van der Waals surface area (Å²) in [4.78, 5) is 0. The second-order valence-electron chi connectivity index (χ2n) is 3.66. The maximum Gasteiger partial charge on any atom is 0.127 e. The first-order chi connectivity index (χ1) is 8.54. The Kier molecular flexibility index (Phi) is 4.54. The summed E-state index contributed by atoms with van der Waals surface area (Å²) in [6.07, 6.45) is 0. The molecule has 0 heterocycles. The van der Waals surface area contributed by atoms with E-state index in [1.165, 1.54) is 6.07 Å². The SMILES string of the molecule is Fc1ccc(-c2ccc(Cl)c(Cl)c2Cl)cc1CBr. The number of rotatable bonds is 2.